The van der Waals surface area contributed by atoms with Gasteiger partial charge in [-0.1, -0.05) is 0 Å². The largest absolute Gasteiger partial charge is 0.378 e. The molecule has 0 unspecified atom stereocenters. The lowest BCUT2D eigenvalue weighted by Crippen LogP contribution is -2.36. The summed E-state index contributed by atoms with van der Waals surface area (Å²) in [6, 6.07) is 8.16. The number of hydrogen-bond acceptors (Lipinski definition) is 8. The first-order valence-corrected chi connectivity index (χ1v) is 11.9. The summed E-state index contributed by atoms with van der Waals surface area (Å²) < 4.78 is 5.47. The molecule has 1 fully saturated rings. The third-order valence-electron chi connectivity index (χ3n) is 6.09. The molecule has 0 bridgehead atoms. The molecule has 0 amide bonds. The molecule has 2 aliphatic rings. The van der Waals surface area contributed by atoms with Gasteiger partial charge in [0.25, 0.3) is 0 Å². The fourth-order valence-electron chi connectivity index (χ4n) is 4.47. The van der Waals surface area contributed by atoms with E-state index in [-0.39, 0.29) is 0 Å². The van der Waals surface area contributed by atoms with Crippen LogP contribution in [0.2, 0.25) is 0 Å². The van der Waals surface area contributed by atoms with Crippen molar-refractivity contribution in [2.45, 2.75) is 25.8 Å². The fourth-order valence-corrected chi connectivity index (χ4v) is 5.73. The molecule has 1 aliphatic carbocycles. The molecule has 5 heterocycles. The van der Waals surface area contributed by atoms with E-state index in [2.05, 4.69) is 32.3 Å². The first-order chi connectivity index (χ1) is 15.8. The number of ether oxygens (including phenoxy) is 1. The molecule has 6 rings (SSSR count). The van der Waals surface area contributed by atoms with Crippen molar-refractivity contribution < 1.29 is 4.74 Å². The van der Waals surface area contributed by atoms with Crippen molar-refractivity contribution in [1.29, 1.82) is 0 Å². The molecular formula is C24H24N6OS. The number of fused-ring (bicyclic) bond motifs is 3. The van der Waals surface area contributed by atoms with Crippen molar-refractivity contribution in [1.82, 2.24) is 19.9 Å². The third kappa shape index (κ3) is 3.69. The highest BCUT2D eigenvalue weighted by atomic mass is 32.1. The Morgan fingerprint density at radius 2 is 2.03 bits per heavy atom. The van der Waals surface area contributed by atoms with Crippen molar-refractivity contribution >= 4 is 33.2 Å². The monoisotopic (exact) mass is 444 g/mol. The number of nitrogens with zero attached hydrogens (tertiary/aromatic N) is 5. The zero-order chi connectivity index (χ0) is 21.3. The van der Waals surface area contributed by atoms with Crippen molar-refractivity contribution in [3.8, 4) is 11.4 Å². The summed E-state index contributed by atoms with van der Waals surface area (Å²) in [7, 11) is 0. The summed E-state index contributed by atoms with van der Waals surface area (Å²) in [6.45, 7) is 3.95. The van der Waals surface area contributed by atoms with Crippen LogP contribution in [0.3, 0.4) is 0 Å². The Hall–Kier alpha value is -3.10. The topological polar surface area (TPSA) is 76.1 Å². The second kappa shape index (κ2) is 8.44. The van der Waals surface area contributed by atoms with Gasteiger partial charge in [0, 0.05) is 48.7 Å². The molecular weight excluding hydrogens is 420 g/mol. The van der Waals surface area contributed by atoms with E-state index in [9.17, 15) is 0 Å². The molecule has 4 aromatic heterocycles. The predicted octanol–water partition coefficient (Wildman–Crippen LogP) is 4.09. The van der Waals surface area contributed by atoms with Gasteiger partial charge in [0.05, 0.1) is 18.6 Å². The van der Waals surface area contributed by atoms with Crippen LogP contribution >= 0.6 is 11.3 Å². The number of thiophene rings is 1. The number of pyridine rings is 2. The van der Waals surface area contributed by atoms with Gasteiger partial charge in [0.1, 0.15) is 16.5 Å². The van der Waals surface area contributed by atoms with Crippen LogP contribution in [0.15, 0.2) is 42.9 Å². The number of anilines is 2. The Labute approximate surface area is 190 Å². The number of aromatic nitrogens is 4. The van der Waals surface area contributed by atoms with Gasteiger partial charge in [-0.15, -0.1) is 11.3 Å². The molecule has 0 spiro atoms. The zero-order valence-electron chi connectivity index (χ0n) is 17.8. The number of aryl methyl sites for hydroxylation is 2. The van der Waals surface area contributed by atoms with E-state index >= 15 is 0 Å². The van der Waals surface area contributed by atoms with Crippen LogP contribution in [0, 0.1) is 0 Å². The van der Waals surface area contributed by atoms with E-state index in [4.69, 9.17) is 14.7 Å². The zero-order valence-corrected chi connectivity index (χ0v) is 18.6. The van der Waals surface area contributed by atoms with Gasteiger partial charge in [-0.3, -0.25) is 4.98 Å². The molecule has 7 nitrogen and oxygen atoms in total. The Balaban J connectivity index is 1.33. The molecule has 8 heteroatoms. The van der Waals surface area contributed by atoms with E-state index in [1.54, 1.807) is 6.20 Å². The molecule has 0 radical (unpaired) electrons. The van der Waals surface area contributed by atoms with Crippen LogP contribution in [0.5, 0.6) is 0 Å². The highest BCUT2D eigenvalue weighted by Crippen LogP contribution is 2.40. The maximum absolute atomic E-state index is 5.47. The van der Waals surface area contributed by atoms with Gasteiger partial charge in [-0.05, 0) is 54.7 Å². The second-order valence-corrected chi connectivity index (χ2v) is 9.23. The number of morpholine rings is 1. The molecule has 1 saturated heterocycles. The number of rotatable bonds is 5. The molecule has 1 N–H and O–H groups in total. The average molecular weight is 445 g/mol. The molecule has 0 saturated carbocycles. The van der Waals surface area contributed by atoms with E-state index in [1.807, 2.05) is 35.9 Å². The second-order valence-electron chi connectivity index (χ2n) is 8.15. The lowest BCUT2D eigenvalue weighted by Gasteiger charge is -2.28. The van der Waals surface area contributed by atoms with Crippen molar-refractivity contribution in [2.24, 2.45) is 0 Å². The van der Waals surface area contributed by atoms with Gasteiger partial charge >= 0.3 is 0 Å². The van der Waals surface area contributed by atoms with E-state index in [1.165, 1.54) is 27.8 Å². The highest BCUT2D eigenvalue weighted by molar-refractivity contribution is 7.19. The van der Waals surface area contributed by atoms with Crippen LogP contribution in [0.4, 0.5) is 11.6 Å². The summed E-state index contributed by atoms with van der Waals surface area (Å²) in [5.41, 5.74) is 3.54. The van der Waals surface area contributed by atoms with Crippen molar-refractivity contribution in [3.05, 3.63) is 58.9 Å². The van der Waals surface area contributed by atoms with Gasteiger partial charge in [0.2, 0.25) is 0 Å². The van der Waals surface area contributed by atoms with Gasteiger partial charge < -0.3 is 15.0 Å². The Morgan fingerprint density at radius 3 is 2.91 bits per heavy atom. The maximum Gasteiger partial charge on any atom is 0.164 e. The molecule has 162 valence electrons. The quantitative estimate of drug-likeness (QED) is 0.497. The Kier molecular flexibility index (Phi) is 5.16. The smallest absolute Gasteiger partial charge is 0.164 e. The Bertz CT molecular complexity index is 1250. The van der Waals surface area contributed by atoms with Crippen LogP contribution < -0.4 is 10.2 Å². The highest BCUT2D eigenvalue weighted by Gasteiger charge is 2.23. The molecule has 0 atom stereocenters. The molecule has 32 heavy (non-hydrogen) atoms. The standard InChI is InChI=1S/C24H24N6OS/c1-4-18-19(5-1)32-24-21(18)23(28-22(29-24)17-3-2-7-25-15-17)27-14-16-6-8-26-20(13-16)30-9-11-31-12-10-30/h2-3,6-8,13,15H,1,4-5,9-12,14H2,(H,27,28,29). The molecule has 4 aromatic rings. The summed E-state index contributed by atoms with van der Waals surface area (Å²) in [4.78, 5) is 23.5. The number of nitrogens with one attached hydrogen (secondary N) is 1. The fraction of sp³-hybridized carbons (Fsp3) is 0.333. The molecule has 1 aliphatic heterocycles. The van der Waals surface area contributed by atoms with E-state index in [0.717, 1.165) is 67.0 Å². The summed E-state index contributed by atoms with van der Waals surface area (Å²) in [5.74, 6) is 2.64. The van der Waals surface area contributed by atoms with Gasteiger partial charge in [0.15, 0.2) is 5.82 Å². The van der Waals surface area contributed by atoms with Crippen LogP contribution in [-0.4, -0.2) is 46.2 Å². The average Bonchev–Trinajstić information content (AvgIpc) is 3.45. The third-order valence-corrected chi connectivity index (χ3v) is 7.28. The van der Waals surface area contributed by atoms with E-state index < -0.39 is 0 Å². The minimum Gasteiger partial charge on any atom is -0.378 e. The summed E-state index contributed by atoms with van der Waals surface area (Å²) in [6.07, 6.45) is 8.95. The Morgan fingerprint density at radius 1 is 1.09 bits per heavy atom. The van der Waals surface area contributed by atoms with Crippen LogP contribution in [0.25, 0.3) is 21.6 Å². The van der Waals surface area contributed by atoms with Crippen LogP contribution in [0.1, 0.15) is 22.4 Å². The first-order valence-electron chi connectivity index (χ1n) is 11.1. The maximum atomic E-state index is 5.47. The minimum absolute atomic E-state index is 0.684. The van der Waals surface area contributed by atoms with E-state index in [0.29, 0.717) is 6.54 Å². The first kappa shape index (κ1) is 19.6. The van der Waals surface area contributed by atoms with Crippen molar-refractivity contribution in [2.75, 3.05) is 36.5 Å². The minimum atomic E-state index is 0.684. The normalized spacial score (nSPS) is 15.8. The molecule has 0 aromatic carbocycles. The predicted molar refractivity (Wildman–Crippen MR) is 127 cm³/mol. The van der Waals surface area contributed by atoms with Crippen LogP contribution in [-0.2, 0) is 24.1 Å². The lowest BCUT2D eigenvalue weighted by atomic mass is 10.1. The summed E-state index contributed by atoms with van der Waals surface area (Å²) >= 11 is 1.81. The SMILES string of the molecule is c1cncc(-c2nc(NCc3ccnc(N4CCOCC4)c3)c3c4c(sc3n2)CCC4)c1. The lowest BCUT2D eigenvalue weighted by molar-refractivity contribution is 0.122. The van der Waals surface area contributed by atoms with Gasteiger partial charge in [-0.2, -0.15) is 0 Å². The summed E-state index contributed by atoms with van der Waals surface area (Å²) in [5, 5.41) is 4.82. The van der Waals surface area contributed by atoms with Gasteiger partial charge in [-0.25, -0.2) is 15.0 Å². The number of hydrogen-bond donors (Lipinski definition) is 1. The van der Waals surface area contributed by atoms with Crippen molar-refractivity contribution in [3.63, 3.8) is 0 Å².